The molecule has 2 aliphatic heterocycles. The molecular formula is C21H22BrN5O2. The summed E-state index contributed by atoms with van der Waals surface area (Å²) in [5, 5.41) is 6.36. The minimum atomic E-state index is -0.135. The first-order chi connectivity index (χ1) is 14.2. The van der Waals surface area contributed by atoms with Crippen molar-refractivity contribution >= 4 is 33.2 Å². The maximum Gasteiger partial charge on any atom is 0.262 e. The van der Waals surface area contributed by atoms with E-state index in [-0.39, 0.29) is 12.5 Å². The molecule has 150 valence electrons. The number of hydrogen-bond acceptors (Lipinski definition) is 5. The predicted molar refractivity (Wildman–Crippen MR) is 115 cm³/mol. The third-order valence-electron chi connectivity index (χ3n) is 5.39. The summed E-state index contributed by atoms with van der Waals surface area (Å²) in [5.41, 5.74) is 4.62. The highest BCUT2D eigenvalue weighted by Gasteiger charge is 2.22. The maximum absolute atomic E-state index is 11.7. The average molecular weight is 456 g/mol. The summed E-state index contributed by atoms with van der Waals surface area (Å²) in [5.74, 6) is 0.558. The minimum absolute atomic E-state index is 0.0574. The molecule has 0 bridgehead atoms. The van der Waals surface area contributed by atoms with Gasteiger partial charge in [0.15, 0.2) is 12.3 Å². The molecule has 0 atom stereocenters. The van der Waals surface area contributed by atoms with E-state index in [1.54, 1.807) is 0 Å². The van der Waals surface area contributed by atoms with Crippen LogP contribution in [0.1, 0.15) is 12.1 Å². The van der Waals surface area contributed by atoms with Crippen LogP contribution in [0.25, 0.3) is 16.9 Å². The maximum atomic E-state index is 11.7. The molecule has 2 aromatic heterocycles. The van der Waals surface area contributed by atoms with E-state index in [9.17, 15) is 4.79 Å². The fourth-order valence-electron chi connectivity index (χ4n) is 3.97. The lowest BCUT2D eigenvalue weighted by Crippen LogP contribution is -2.28. The van der Waals surface area contributed by atoms with Gasteiger partial charge in [-0.1, -0.05) is 0 Å². The van der Waals surface area contributed by atoms with E-state index in [4.69, 9.17) is 9.72 Å². The average Bonchev–Trinajstić information content (AvgIpc) is 2.90. The van der Waals surface area contributed by atoms with Crippen molar-refractivity contribution in [3.8, 4) is 17.0 Å². The van der Waals surface area contributed by atoms with Gasteiger partial charge in [0.05, 0.1) is 21.5 Å². The van der Waals surface area contributed by atoms with Crippen molar-refractivity contribution in [3.05, 3.63) is 46.7 Å². The lowest BCUT2D eigenvalue weighted by molar-refractivity contribution is -0.118. The number of imidazole rings is 1. The third kappa shape index (κ3) is 3.63. The predicted octanol–water partition coefficient (Wildman–Crippen LogP) is 2.89. The van der Waals surface area contributed by atoms with E-state index in [1.807, 2.05) is 30.3 Å². The number of nitrogens with zero attached hydrogens (tertiary/aromatic N) is 3. The Morgan fingerprint density at radius 3 is 3.07 bits per heavy atom. The molecule has 0 aliphatic carbocycles. The van der Waals surface area contributed by atoms with E-state index >= 15 is 0 Å². The monoisotopic (exact) mass is 455 g/mol. The van der Waals surface area contributed by atoms with Gasteiger partial charge in [-0.15, -0.1) is 0 Å². The van der Waals surface area contributed by atoms with Crippen LogP contribution >= 0.6 is 15.9 Å². The smallest absolute Gasteiger partial charge is 0.262 e. The largest absolute Gasteiger partial charge is 0.482 e. The van der Waals surface area contributed by atoms with Gasteiger partial charge < -0.3 is 19.8 Å². The van der Waals surface area contributed by atoms with Crippen molar-refractivity contribution in [2.75, 3.05) is 38.1 Å². The van der Waals surface area contributed by atoms with Crippen LogP contribution in [0.5, 0.6) is 5.75 Å². The van der Waals surface area contributed by atoms with Crippen LogP contribution in [0.4, 0.5) is 5.69 Å². The molecule has 1 aromatic carbocycles. The number of amides is 1. The summed E-state index contributed by atoms with van der Waals surface area (Å²) >= 11 is 3.64. The molecule has 5 rings (SSSR count). The Kier molecular flexibility index (Phi) is 4.99. The molecular weight excluding hydrogens is 434 g/mol. The normalized spacial score (nSPS) is 17.5. The van der Waals surface area contributed by atoms with Crippen molar-refractivity contribution in [1.29, 1.82) is 0 Å². The quantitative estimate of drug-likeness (QED) is 0.635. The summed E-state index contributed by atoms with van der Waals surface area (Å²) in [4.78, 5) is 19.2. The molecule has 7 nitrogen and oxygen atoms in total. The van der Waals surface area contributed by atoms with Crippen molar-refractivity contribution in [3.63, 3.8) is 0 Å². The van der Waals surface area contributed by atoms with Gasteiger partial charge in [-0.25, -0.2) is 4.98 Å². The van der Waals surface area contributed by atoms with Crippen molar-refractivity contribution in [1.82, 2.24) is 19.6 Å². The fourth-order valence-corrected chi connectivity index (χ4v) is 4.40. The number of rotatable bonds is 3. The molecule has 0 unspecified atom stereocenters. The summed E-state index contributed by atoms with van der Waals surface area (Å²) in [6.45, 7) is 5.00. The van der Waals surface area contributed by atoms with E-state index in [0.717, 1.165) is 66.2 Å². The van der Waals surface area contributed by atoms with Gasteiger partial charge in [0.2, 0.25) is 0 Å². The first kappa shape index (κ1) is 18.6. The molecule has 8 heteroatoms. The topological polar surface area (TPSA) is 70.9 Å². The Labute approximate surface area is 177 Å². The highest BCUT2D eigenvalue weighted by atomic mass is 79.9. The van der Waals surface area contributed by atoms with Gasteiger partial charge in [0.1, 0.15) is 5.75 Å². The van der Waals surface area contributed by atoms with Gasteiger partial charge in [-0.2, -0.15) is 0 Å². The van der Waals surface area contributed by atoms with E-state index in [2.05, 4.69) is 42.1 Å². The molecule has 4 heterocycles. The zero-order valence-corrected chi connectivity index (χ0v) is 17.5. The summed E-state index contributed by atoms with van der Waals surface area (Å²) in [7, 11) is 0. The number of anilines is 1. The van der Waals surface area contributed by atoms with Gasteiger partial charge >= 0.3 is 0 Å². The number of pyridine rings is 1. The molecule has 1 fully saturated rings. The van der Waals surface area contributed by atoms with Crippen LogP contribution in [0.3, 0.4) is 0 Å². The van der Waals surface area contributed by atoms with Gasteiger partial charge in [0, 0.05) is 31.4 Å². The minimum Gasteiger partial charge on any atom is -0.482 e. The number of fused-ring (bicyclic) bond motifs is 2. The number of nitrogens with one attached hydrogen (secondary N) is 2. The standard InChI is InChI=1S/C21H22BrN5O2/c22-15-3-1-9-27-17(12-26-8-2-6-23-7-10-26)20(25-21(15)27)14-4-5-18-16(11-14)24-19(28)13-29-18/h1,3-5,9,11,23H,2,6-8,10,12-13H2,(H,24,28). The Balaban J connectivity index is 1.60. The van der Waals surface area contributed by atoms with E-state index in [0.29, 0.717) is 11.4 Å². The second-order valence-corrected chi connectivity index (χ2v) is 8.24. The zero-order chi connectivity index (χ0) is 19.8. The molecule has 1 amide bonds. The van der Waals surface area contributed by atoms with Crippen LogP contribution in [0, 0.1) is 0 Å². The highest BCUT2D eigenvalue weighted by Crippen LogP contribution is 2.35. The molecule has 0 saturated carbocycles. The third-order valence-corrected chi connectivity index (χ3v) is 6.01. The molecule has 1 saturated heterocycles. The number of halogens is 1. The van der Waals surface area contributed by atoms with Crippen molar-refractivity contribution in [2.45, 2.75) is 13.0 Å². The molecule has 2 aliphatic rings. The molecule has 2 N–H and O–H groups in total. The van der Waals surface area contributed by atoms with Gasteiger partial charge in [-0.05, 0) is 65.8 Å². The fraction of sp³-hybridized carbons (Fsp3) is 0.333. The summed E-state index contributed by atoms with van der Waals surface area (Å²) < 4.78 is 8.63. The van der Waals surface area contributed by atoms with Crippen LogP contribution < -0.4 is 15.4 Å². The number of hydrogen-bond donors (Lipinski definition) is 2. The SMILES string of the molecule is O=C1COc2ccc(-c3nc4c(Br)cccn4c3CN3CCCNCC3)cc2N1. The molecule has 29 heavy (non-hydrogen) atoms. The second-order valence-electron chi connectivity index (χ2n) is 7.38. The number of carbonyl (C=O) groups is 1. The Bertz CT molecular complexity index is 1070. The molecule has 3 aromatic rings. The molecule has 0 radical (unpaired) electrons. The Hall–Kier alpha value is -2.42. The van der Waals surface area contributed by atoms with Crippen LogP contribution in [-0.4, -0.2) is 53.0 Å². The molecule has 0 spiro atoms. The number of benzene rings is 1. The first-order valence-corrected chi connectivity index (χ1v) is 10.6. The second kappa shape index (κ2) is 7.78. The Morgan fingerprint density at radius 1 is 1.21 bits per heavy atom. The van der Waals surface area contributed by atoms with Crippen LogP contribution in [-0.2, 0) is 11.3 Å². The van der Waals surface area contributed by atoms with Crippen molar-refractivity contribution < 1.29 is 9.53 Å². The van der Waals surface area contributed by atoms with Gasteiger partial charge in [-0.3, -0.25) is 9.69 Å². The van der Waals surface area contributed by atoms with Crippen molar-refractivity contribution in [2.24, 2.45) is 0 Å². The van der Waals surface area contributed by atoms with E-state index < -0.39 is 0 Å². The van der Waals surface area contributed by atoms with Gasteiger partial charge in [0.25, 0.3) is 5.91 Å². The first-order valence-electron chi connectivity index (χ1n) is 9.84. The number of carbonyl (C=O) groups excluding carboxylic acids is 1. The summed E-state index contributed by atoms with van der Waals surface area (Å²) in [6, 6.07) is 9.90. The zero-order valence-electron chi connectivity index (χ0n) is 15.9. The lowest BCUT2D eigenvalue weighted by Gasteiger charge is -2.21. The highest BCUT2D eigenvalue weighted by molar-refractivity contribution is 9.10. The van der Waals surface area contributed by atoms with Crippen LogP contribution in [0.2, 0.25) is 0 Å². The van der Waals surface area contributed by atoms with E-state index in [1.165, 1.54) is 0 Å². The number of aromatic nitrogens is 2. The Morgan fingerprint density at radius 2 is 2.14 bits per heavy atom. The lowest BCUT2D eigenvalue weighted by atomic mass is 10.1. The van der Waals surface area contributed by atoms with Crippen LogP contribution in [0.15, 0.2) is 41.0 Å². The summed E-state index contributed by atoms with van der Waals surface area (Å²) in [6.07, 6.45) is 3.20. The number of ether oxygens (including phenoxy) is 1.